The molecule has 114 valence electrons. The summed E-state index contributed by atoms with van der Waals surface area (Å²) in [4.78, 5) is 12.1. The summed E-state index contributed by atoms with van der Waals surface area (Å²) in [6, 6.07) is 1.76. The largest absolute Gasteiger partial charge is 0.466 e. The molecule has 0 aliphatic rings. The number of sulfonamides is 1. The zero-order valence-electron chi connectivity index (χ0n) is 12.9. The highest BCUT2D eigenvalue weighted by molar-refractivity contribution is 7.90. The molecule has 1 rings (SSSR count). The van der Waals surface area contributed by atoms with E-state index in [1.54, 1.807) is 26.8 Å². The lowest BCUT2D eigenvalue weighted by Gasteiger charge is -2.19. The van der Waals surface area contributed by atoms with Crippen molar-refractivity contribution in [3.8, 4) is 0 Å². The van der Waals surface area contributed by atoms with Crippen LogP contribution in [0.3, 0.4) is 0 Å². The van der Waals surface area contributed by atoms with Crippen molar-refractivity contribution in [1.29, 1.82) is 0 Å². The number of amides is 1. The Balaban J connectivity index is 2.84. The number of aryl methyl sites for hydroxylation is 2. The zero-order chi connectivity index (χ0) is 15.7. The van der Waals surface area contributed by atoms with Crippen LogP contribution < -0.4 is 4.72 Å². The van der Waals surface area contributed by atoms with Gasteiger partial charge in [0.1, 0.15) is 11.5 Å². The van der Waals surface area contributed by atoms with Gasteiger partial charge in [-0.25, -0.2) is 8.42 Å². The second-order valence-electron chi connectivity index (χ2n) is 6.38. The van der Waals surface area contributed by atoms with E-state index in [0.29, 0.717) is 17.1 Å². The van der Waals surface area contributed by atoms with Gasteiger partial charge < -0.3 is 4.42 Å². The average Bonchev–Trinajstić information content (AvgIpc) is 2.51. The number of hydrogen-bond acceptors (Lipinski definition) is 4. The molecule has 1 aromatic heterocycles. The van der Waals surface area contributed by atoms with Crippen LogP contribution in [0.2, 0.25) is 0 Å². The van der Waals surface area contributed by atoms with Crippen molar-refractivity contribution in [3.63, 3.8) is 0 Å². The first-order valence-corrected chi connectivity index (χ1v) is 8.18. The number of hydrogen-bond donors (Lipinski definition) is 1. The summed E-state index contributed by atoms with van der Waals surface area (Å²) < 4.78 is 31.4. The number of nitrogens with one attached hydrogen (secondary N) is 1. The Morgan fingerprint density at radius 3 is 2.30 bits per heavy atom. The molecule has 0 saturated heterocycles. The molecule has 0 aromatic carbocycles. The average molecular weight is 301 g/mol. The van der Waals surface area contributed by atoms with E-state index >= 15 is 0 Å². The van der Waals surface area contributed by atoms with Crippen molar-refractivity contribution in [2.45, 2.75) is 47.5 Å². The lowest BCUT2D eigenvalue weighted by atomic mass is 10.0. The van der Waals surface area contributed by atoms with Crippen LogP contribution in [0, 0.1) is 19.3 Å². The van der Waals surface area contributed by atoms with Gasteiger partial charge in [-0.1, -0.05) is 20.8 Å². The monoisotopic (exact) mass is 301 g/mol. The predicted octanol–water partition coefficient (Wildman–Crippen LogP) is 2.49. The van der Waals surface area contributed by atoms with Gasteiger partial charge in [0, 0.05) is 5.56 Å². The van der Waals surface area contributed by atoms with Crippen LogP contribution in [0.15, 0.2) is 10.5 Å². The number of rotatable bonds is 4. The van der Waals surface area contributed by atoms with Gasteiger partial charge in [0.2, 0.25) is 15.9 Å². The smallest absolute Gasteiger partial charge is 0.240 e. The molecule has 20 heavy (non-hydrogen) atoms. The van der Waals surface area contributed by atoms with E-state index in [1.807, 2.05) is 20.8 Å². The second-order valence-corrected chi connectivity index (χ2v) is 8.10. The van der Waals surface area contributed by atoms with Crippen LogP contribution in [0.4, 0.5) is 0 Å². The predicted molar refractivity (Wildman–Crippen MR) is 78.0 cm³/mol. The standard InChI is InChI=1S/C14H23NO4S/c1-9-7-12(11(3)19-9)10(2)13(16)15-20(17,18)8-14(4,5)6/h7,10H,8H2,1-6H3,(H,15,16)/t10-/m0/s1. The van der Waals surface area contributed by atoms with Gasteiger partial charge in [0.15, 0.2) is 0 Å². The molecule has 0 aliphatic heterocycles. The lowest BCUT2D eigenvalue weighted by molar-refractivity contribution is -0.120. The summed E-state index contributed by atoms with van der Waals surface area (Å²) in [6.45, 7) is 10.6. The van der Waals surface area contributed by atoms with Crippen LogP contribution in [0.5, 0.6) is 0 Å². The first kappa shape index (κ1) is 16.8. The van der Waals surface area contributed by atoms with E-state index in [-0.39, 0.29) is 5.75 Å². The minimum absolute atomic E-state index is 0.0954. The van der Waals surface area contributed by atoms with Crippen LogP contribution in [-0.4, -0.2) is 20.1 Å². The van der Waals surface area contributed by atoms with Gasteiger partial charge >= 0.3 is 0 Å². The molecule has 0 unspecified atom stereocenters. The third-order valence-corrected chi connectivity index (χ3v) is 4.58. The van der Waals surface area contributed by atoms with Crippen molar-refractivity contribution in [3.05, 3.63) is 23.2 Å². The highest BCUT2D eigenvalue weighted by atomic mass is 32.2. The van der Waals surface area contributed by atoms with E-state index in [9.17, 15) is 13.2 Å². The molecule has 1 amide bonds. The first-order valence-electron chi connectivity index (χ1n) is 6.52. The molecule has 0 bridgehead atoms. The number of carbonyl (C=O) groups is 1. The summed E-state index contributed by atoms with van der Waals surface area (Å²) in [7, 11) is -3.63. The van der Waals surface area contributed by atoms with Gasteiger partial charge in [0.05, 0.1) is 11.7 Å². The molecular formula is C14H23NO4S. The van der Waals surface area contributed by atoms with Crippen molar-refractivity contribution in [2.24, 2.45) is 5.41 Å². The Hall–Kier alpha value is -1.30. The van der Waals surface area contributed by atoms with Crippen LogP contribution in [0.1, 0.15) is 50.7 Å². The van der Waals surface area contributed by atoms with Crippen molar-refractivity contribution >= 4 is 15.9 Å². The summed E-state index contributed by atoms with van der Waals surface area (Å²) in [5.41, 5.74) is 0.309. The Morgan fingerprint density at radius 1 is 1.35 bits per heavy atom. The van der Waals surface area contributed by atoms with E-state index in [0.717, 1.165) is 0 Å². The normalized spacial score (nSPS) is 14.1. The topological polar surface area (TPSA) is 76.4 Å². The number of furan rings is 1. The molecule has 1 heterocycles. The maximum absolute atomic E-state index is 12.1. The Kier molecular flexibility index (Phi) is 4.69. The third kappa shape index (κ3) is 4.67. The minimum atomic E-state index is -3.63. The fraction of sp³-hybridized carbons (Fsp3) is 0.643. The molecule has 0 radical (unpaired) electrons. The summed E-state index contributed by atoms with van der Waals surface area (Å²) in [5, 5.41) is 0. The first-order chi connectivity index (χ1) is 8.91. The molecular weight excluding hydrogens is 278 g/mol. The molecule has 1 atom stereocenters. The van der Waals surface area contributed by atoms with Gasteiger partial charge in [-0.05, 0) is 32.3 Å². The Morgan fingerprint density at radius 2 is 1.90 bits per heavy atom. The fourth-order valence-electron chi connectivity index (χ4n) is 2.07. The van der Waals surface area contributed by atoms with E-state index in [1.165, 1.54) is 0 Å². The second kappa shape index (κ2) is 5.60. The maximum atomic E-state index is 12.1. The number of carbonyl (C=O) groups excluding carboxylic acids is 1. The summed E-state index contributed by atoms with van der Waals surface area (Å²) in [5.74, 6) is 0.149. The molecule has 0 aliphatic carbocycles. The fourth-order valence-corrected chi connectivity index (χ4v) is 3.77. The quantitative estimate of drug-likeness (QED) is 0.927. The van der Waals surface area contributed by atoms with E-state index < -0.39 is 27.3 Å². The molecule has 0 fully saturated rings. The summed E-state index contributed by atoms with van der Waals surface area (Å²) >= 11 is 0. The lowest BCUT2D eigenvalue weighted by Crippen LogP contribution is -2.38. The summed E-state index contributed by atoms with van der Waals surface area (Å²) in [6.07, 6.45) is 0. The van der Waals surface area contributed by atoms with Gasteiger partial charge in [-0.3, -0.25) is 9.52 Å². The van der Waals surface area contributed by atoms with Gasteiger partial charge in [-0.15, -0.1) is 0 Å². The Bertz CT molecular complexity index is 593. The van der Waals surface area contributed by atoms with E-state index in [2.05, 4.69) is 4.72 Å². The third-order valence-electron chi connectivity index (χ3n) is 2.82. The van der Waals surface area contributed by atoms with Gasteiger partial charge in [-0.2, -0.15) is 0 Å². The molecule has 5 nitrogen and oxygen atoms in total. The molecule has 0 spiro atoms. The van der Waals surface area contributed by atoms with Crippen molar-refractivity contribution in [1.82, 2.24) is 4.72 Å². The highest BCUT2D eigenvalue weighted by Crippen LogP contribution is 2.24. The van der Waals surface area contributed by atoms with Gasteiger partial charge in [0.25, 0.3) is 0 Å². The minimum Gasteiger partial charge on any atom is -0.466 e. The molecule has 6 heteroatoms. The van der Waals surface area contributed by atoms with Crippen molar-refractivity contribution < 1.29 is 17.6 Å². The highest BCUT2D eigenvalue weighted by Gasteiger charge is 2.27. The Labute approximate surface area is 120 Å². The SMILES string of the molecule is Cc1cc([C@H](C)C(=O)NS(=O)(=O)CC(C)(C)C)c(C)o1. The van der Waals surface area contributed by atoms with Crippen molar-refractivity contribution in [2.75, 3.05) is 5.75 Å². The molecule has 1 aromatic rings. The van der Waals surface area contributed by atoms with Crippen LogP contribution in [-0.2, 0) is 14.8 Å². The zero-order valence-corrected chi connectivity index (χ0v) is 13.7. The van der Waals surface area contributed by atoms with Crippen LogP contribution >= 0.6 is 0 Å². The molecule has 1 N–H and O–H groups in total. The maximum Gasteiger partial charge on any atom is 0.240 e. The molecule has 0 saturated carbocycles. The van der Waals surface area contributed by atoms with Crippen LogP contribution in [0.25, 0.3) is 0 Å². The van der Waals surface area contributed by atoms with E-state index in [4.69, 9.17) is 4.42 Å².